The number of aromatic nitrogens is 1. The Kier molecular flexibility index (Phi) is 7.29. The molecule has 0 bridgehead atoms. The van der Waals surface area contributed by atoms with Crippen LogP contribution in [-0.4, -0.2) is 33.6 Å². The topological polar surface area (TPSA) is 108 Å². The molecule has 1 fully saturated rings. The third kappa shape index (κ3) is 5.91. The number of nitrogens with zero attached hydrogens (tertiary/aromatic N) is 1. The summed E-state index contributed by atoms with van der Waals surface area (Å²) < 4.78 is 1.67. The van der Waals surface area contributed by atoms with E-state index >= 15 is 0 Å². The minimum absolute atomic E-state index is 0.100. The van der Waals surface area contributed by atoms with Gasteiger partial charge in [-0.25, -0.2) is 4.98 Å². The maximum absolute atomic E-state index is 12.7. The van der Waals surface area contributed by atoms with Gasteiger partial charge in [-0.3, -0.25) is 14.4 Å². The van der Waals surface area contributed by atoms with Crippen molar-refractivity contribution in [3.05, 3.63) is 48.0 Å². The molecule has 1 aliphatic carbocycles. The van der Waals surface area contributed by atoms with Gasteiger partial charge in [0, 0.05) is 11.4 Å². The Hall–Kier alpha value is -2.91. The number of carboxylic acids is 1. The number of nitrogens with one attached hydrogen (secondary N) is 2. The second-order valence-corrected chi connectivity index (χ2v) is 10.4. The molecule has 0 spiro atoms. The third-order valence-electron chi connectivity index (χ3n) is 5.72. The lowest BCUT2D eigenvalue weighted by Gasteiger charge is -2.27. The van der Waals surface area contributed by atoms with Crippen LogP contribution in [0.1, 0.15) is 31.2 Å². The van der Waals surface area contributed by atoms with Gasteiger partial charge in [-0.1, -0.05) is 42.3 Å². The summed E-state index contributed by atoms with van der Waals surface area (Å²) in [4.78, 5) is 41.0. The van der Waals surface area contributed by atoms with Crippen molar-refractivity contribution in [2.45, 2.75) is 36.9 Å². The van der Waals surface area contributed by atoms with Gasteiger partial charge in [0.1, 0.15) is 0 Å². The number of benzene rings is 2. The van der Waals surface area contributed by atoms with Gasteiger partial charge in [-0.2, -0.15) is 0 Å². The van der Waals surface area contributed by atoms with Crippen molar-refractivity contribution in [1.29, 1.82) is 0 Å². The van der Waals surface area contributed by atoms with Crippen molar-refractivity contribution in [3.8, 4) is 0 Å². The van der Waals surface area contributed by atoms with Gasteiger partial charge in [0.25, 0.3) is 0 Å². The van der Waals surface area contributed by atoms with Crippen molar-refractivity contribution in [2.24, 2.45) is 11.8 Å². The van der Waals surface area contributed by atoms with Crippen LogP contribution in [0.25, 0.3) is 10.2 Å². The fourth-order valence-electron chi connectivity index (χ4n) is 3.98. The summed E-state index contributed by atoms with van der Waals surface area (Å²) in [6.45, 7) is 1.99. The Balaban J connectivity index is 1.36. The fraction of sp³-hybridized carbons (Fsp3) is 0.333. The number of hydrogen-bond acceptors (Lipinski definition) is 6. The smallest absolute Gasteiger partial charge is 0.307 e. The van der Waals surface area contributed by atoms with Gasteiger partial charge >= 0.3 is 5.97 Å². The van der Waals surface area contributed by atoms with Crippen LogP contribution in [0, 0.1) is 18.8 Å². The quantitative estimate of drug-likeness (QED) is 0.400. The Bertz CT molecular complexity index is 1180. The first-order chi connectivity index (χ1) is 15.9. The minimum atomic E-state index is -0.902. The summed E-state index contributed by atoms with van der Waals surface area (Å²) >= 11 is 2.82. The van der Waals surface area contributed by atoms with Crippen LogP contribution < -0.4 is 10.6 Å². The third-order valence-corrected chi connectivity index (χ3v) is 7.88. The van der Waals surface area contributed by atoms with E-state index in [4.69, 9.17) is 0 Å². The molecular formula is C24H25N3O4S2. The van der Waals surface area contributed by atoms with Crippen LogP contribution in [0.2, 0.25) is 0 Å². The van der Waals surface area contributed by atoms with E-state index in [0.717, 1.165) is 38.6 Å². The first kappa shape index (κ1) is 23.3. The van der Waals surface area contributed by atoms with Gasteiger partial charge in [-0.05, 0) is 50.1 Å². The van der Waals surface area contributed by atoms with E-state index in [1.807, 2.05) is 43.3 Å². The Morgan fingerprint density at radius 3 is 2.45 bits per heavy atom. The van der Waals surface area contributed by atoms with E-state index in [1.54, 1.807) is 6.07 Å². The molecule has 2 amide bonds. The largest absolute Gasteiger partial charge is 0.481 e. The SMILES string of the molecule is Cc1ccc(NC(=O)CSc2nc3ccc(NC(=O)[C@@H]4CCCC[C@@H]4C(=O)O)cc3s2)cc1. The number of rotatable bonds is 7. The van der Waals surface area contributed by atoms with Gasteiger partial charge < -0.3 is 15.7 Å². The molecule has 2 aromatic carbocycles. The monoisotopic (exact) mass is 483 g/mol. The van der Waals surface area contributed by atoms with E-state index in [-0.39, 0.29) is 17.6 Å². The molecule has 3 N–H and O–H groups in total. The molecule has 1 aliphatic rings. The van der Waals surface area contributed by atoms with Crippen molar-refractivity contribution in [1.82, 2.24) is 4.98 Å². The minimum Gasteiger partial charge on any atom is -0.481 e. The lowest BCUT2D eigenvalue weighted by molar-refractivity contribution is -0.147. The number of aryl methyl sites for hydroxylation is 1. The molecule has 0 unspecified atom stereocenters. The highest BCUT2D eigenvalue weighted by Gasteiger charge is 2.35. The lowest BCUT2D eigenvalue weighted by Crippen LogP contribution is -2.36. The molecule has 0 saturated heterocycles. The Morgan fingerprint density at radius 2 is 1.73 bits per heavy atom. The number of thiazole rings is 1. The van der Waals surface area contributed by atoms with Crippen molar-refractivity contribution < 1.29 is 19.5 Å². The molecule has 1 aromatic heterocycles. The molecule has 33 heavy (non-hydrogen) atoms. The average molecular weight is 484 g/mol. The number of anilines is 2. The van der Waals surface area contributed by atoms with Crippen LogP contribution in [-0.2, 0) is 14.4 Å². The molecule has 1 heterocycles. The predicted molar refractivity (Wildman–Crippen MR) is 132 cm³/mol. The van der Waals surface area contributed by atoms with E-state index in [9.17, 15) is 19.5 Å². The highest BCUT2D eigenvalue weighted by atomic mass is 32.2. The standard InChI is InChI=1S/C24H25N3O4S2/c1-14-6-8-15(9-7-14)25-21(28)13-32-24-27-19-11-10-16(12-20(19)33-24)26-22(29)17-4-2-3-5-18(17)23(30)31/h6-12,17-18H,2-5,13H2,1H3,(H,25,28)(H,26,29)(H,30,31)/t17-,18+/m1/s1. The highest BCUT2D eigenvalue weighted by molar-refractivity contribution is 8.01. The summed E-state index contributed by atoms with van der Waals surface area (Å²) in [7, 11) is 0. The molecule has 1 saturated carbocycles. The predicted octanol–water partition coefficient (Wildman–Crippen LogP) is 5.17. The lowest BCUT2D eigenvalue weighted by atomic mass is 9.78. The maximum atomic E-state index is 12.7. The highest BCUT2D eigenvalue weighted by Crippen LogP contribution is 2.33. The van der Waals surface area contributed by atoms with Crippen LogP contribution in [0.3, 0.4) is 0 Å². The molecule has 9 heteroatoms. The van der Waals surface area contributed by atoms with Gasteiger partial charge in [0.05, 0.1) is 27.8 Å². The maximum Gasteiger partial charge on any atom is 0.307 e. The molecule has 172 valence electrons. The number of thioether (sulfide) groups is 1. The summed E-state index contributed by atoms with van der Waals surface area (Å²) in [6, 6.07) is 13.1. The van der Waals surface area contributed by atoms with Gasteiger partial charge in [0.2, 0.25) is 11.8 Å². The zero-order valence-electron chi connectivity index (χ0n) is 18.2. The average Bonchev–Trinajstić information content (AvgIpc) is 3.21. The molecule has 3 aromatic rings. The van der Waals surface area contributed by atoms with Crippen LogP contribution in [0.15, 0.2) is 46.8 Å². The van der Waals surface area contributed by atoms with Crippen molar-refractivity contribution >= 4 is 62.5 Å². The Morgan fingerprint density at radius 1 is 1.03 bits per heavy atom. The number of carbonyl (C=O) groups excluding carboxylic acids is 2. The fourth-order valence-corrected chi connectivity index (χ4v) is 5.89. The van der Waals surface area contributed by atoms with Crippen LogP contribution >= 0.6 is 23.1 Å². The number of amides is 2. The number of carbonyl (C=O) groups is 3. The van der Waals surface area contributed by atoms with Gasteiger partial charge in [0.15, 0.2) is 4.34 Å². The van der Waals surface area contributed by atoms with E-state index in [2.05, 4.69) is 15.6 Å². The second kappa shape index (κ2) is 10.4. The summed E-state index contributed by atoms with van der Waals surface area (Å²) in [5, 5.41) is 15.2. The first-order valence-electron chi connectivity index (χ1n) is 10.8. The summed E-state index contributed by atoms with van der Waals surface area (Å²) in [5.41, 5.74) is 3.31. The number of fused-ring (bicyclic) bond motifs is 1. The molecule has 0 aliphatic heterocycles. The molecule has 4 rings (SSSR count). The van der Waals surface area contributed by atoms with E-state index < -0.39 is 17.8 Å². The second-order valence-electron chi connectivity index (χ2n) is 8.19. The zero-order valence-corrected chi connectivity index (χ0v) is 19.8. The summed E-state index contributed by atoms with van der Waals surface area (Å²) in [5.74, 6) is -2.13. The number of aliphatic carboxylic acids is 1. The van der Waals surface area contributed by atoms with Gasteiger partial charge in [-0.15, -0.1) is 11.3 Å². The van der Waals surface area contributed by atoms with Crippen molar-refractivity contribution in [3.63, 3.8) is 0 Å². The molecule has 0 radical (unpaired) electrons. The Labute approximate surface area is 200 Å². The molecule has 2 atom stereocenters. The van der Waals surface area contributed by atoms with Crippen LogP contribution in [0.5, 0.6) is 0 Å². The molecule has 7 nitrogen and oxygen atoms in total. The first-order valence-corrected chi connectivity index (χ1v) is 12.6. The zero-order chi connectivity index (χ0) is 23.4. The van der Waals surface area contributed by atoms with E-state index in [0.29, 0.717) is 18.5 Å². The number of hydrogen-bond donors (Lipinski definition) is 3. The molecular weight excluding hydrogens is 458 g/mol. The summed E-state index contributed by atoms with van der Waals surface area (Å²) in [6.07, 6.45) is 2.85. The normalized spacial score (nSPS) is 18.1. The van der Waals surface area contributed by atoms with E-state index in [1.165, 1.54) is 23.1 Å². The van der Waals surface area contributed by atoms with Crippen molar-refractivity contribution in [2.75, 3.05) is 16.4 Å². The number of carboxylic acid groups (broad SMARTS) is 1. The van der Waals surface area contributed by atoms with Crippen LogP contribution in [0.4, 0.5) is 11.4 Å².